The number of ether oxygens (including phenoxy) is 1. The molecule has 0 amide bonds. The van der Waals surface area contributed by atoms with Gasteiger partial charge in [0.25, 0.3) is 5.60 Å². The molecule has 0 saturated carbocycles. The van der Waals surface area contributed by atoms with Crippen LogP contribution in [0.25, 0.3) is 6.08 Å². The van der Waals surface area contributed by atoms with Crippen molar-refractivity contribution in [3.05, 3.63) is 71.0 Å². The number of alkyl halides is 3. The quantitative estimate of drug-likeness (QED) is 0.837. The summed E-state index contributed by atoms with van der Waals surface area (Å²) in [5.41, 5.74) is -4.77. The molecule has 1 N–H and O–H groups in total. The Morgan fingerprint density at radius 3 is 2.42 bits per heavy atom. The number of halogens is 4. The predicted molar refractivity (Wildman–Crippen MR) is 76.8 cm³/mol. The summed E-state index contributed by atoms with van der Waals surface area (Å²) >= 11 is 0. The van der Waals surface area contributed by atoms with Gasteiger partial charge in [-0.2, -0.15) is 13.2 Å². The van der Waals surface area contributed by atoms with Crippen molar-refractivity contribution in [1.29, 1.82) is 0 Å². The van der Waals surface area contributed by atoms with Gasteiger partial charge in [0, 0.05) is 11.1 Å². The van der Waals surface area contributed by atoms with Crippen LogP contribution in [-0.4, -0.2) is 17.3 Å². The minimum Gasteiger partial charge on any atom is -0.478 e. The fraction of sp³-hybridized carbons (Fsp3) is 0.118. The monoisotopic (exact) mass is 338 g/mol. The molecule has 0 spiro atoms. The number of hydrogen-bond acceptors (Lipinski definition) is 2. The normalized spacial score (nSPS) is 19.9. The van der Waals surface area contributed by atoms with Crippen LogP contribution in [0.2, 0.25) is 0 Å². The molecule has 1 aliphatic rings. The van der Waals surface area contributed by atoms with Crippen molar-refractivity contribution < 1.29 is 32.2 Å². The second-order valence-corrected chi connectivity index (χ2v) is 5.19. The Morgan fingerprint density at radius 1 is 1.08 bits per heavy atom. The maximum absolute atomic E-state index is 14.0. The van der Waals surface area contributed by atoms with Crippen LogP contribution in [-0.2, 0) is 10.4 Å². The molecule has 0 bridgehead atoms. The van der Waals surface area contributed by atoms with Crippen molar-refractivity contribution in [2.75, 3.05) is 0 Å². The van der Waals surface area contributed by atoms with Gasteiger partial charge in [-0.05, 0) is 24.3 Å². The lowest BCUT2D eigenvalue weighted by Gasteiger charge is -2.39. The van der Waals surface area contributed by atoms with E-state index in [4.69, 9.17) is 4.74 Å². The number of aliphatic carboxylic acids is 1. The molecule has 24 heavy (non-hydrogen) atoms. The van der Waals surface area contributed by atoms with Crippen LogP contribution in [0.15, 0.2) is 54.1 Å². The summed E-state index contributed by atoms with van der Waals surface area (Å²) in [5, 5.41) is 9.35. The molecule has 3 nitrogen and oxygen atoms in total. The van der Waals surface area contributed by atoms with E-state index in [-0.39, 0.29) is 11.3 Å². The van der Waals surface area contributed by atoms with Crippen molar-refractivity contribution in [3.8, 4) is 5.75 Å². The molecule has 3 rings (SSSR count). The van der Waals surface area contributed by atoms with Crippen LogP contribution in [0.1, 0.15) is 11.1 Å². The summed E-state index contributed by atoms with van der Waals surface area (Å²) < 4.78 is 60.6. The van der Waals surface area contributed by atoms with Crippen molar-refractivity contribution >= 4 is 12.0 Å². The maximum Gasteiger partial charge on any atom is 0.437 e. The van der Waals surface area contributed by atoms with Gasteiger partial charge < -0.3 is 9.84 Å². The molecule has 0 aromatic heterocycles. The SMILES string of the molecule is O=C(O)C1=Cc2ccccc2OC1(c1cccc(F)c1)C(F)(F)F. The third-order valence-electron chi connectivity index (χ3n) is 3.72. The molecule has 1 atom stereocenters. The molecule has 7 heteroatoms. The fourth-order valence-corrected chi connectivity index (χ4v) is 2.68. The molecular formula is C17H10F4O3. The topological polar surface area (TPSA) is 46.5 Å². The zero-order chi connectivity index (χ0) is 17.5. The number of hydrogen-bond donors (Lipinski definition) is 1. The van der Waals surface area contributed by atoms with Crippen LogP contribution in [0.5, 0.6) is 5.75 Å². The minimum absolute atomic E-state index is 0.135. The Balaban J connectivity index is 2.35. The molecule has 2 aromatic carbocycles. The van der Waals surface area contributed by atoms with Gasteiger partial charge in [0.1, 0.15) is 11.6 Å². The van der Waals surface area contributed by atoms with Crippen molar-refractivity contribution in [2.24, 2.45) is 0 Å². The smallest absolute Gasteiger partial charge is 0.437 e. The number of carbonyl (C=O) groups is 1. The molecule has 0 fully saturated rings. The zero-order valence-electron chi connectivity index (χ0n) is 12.0. The van der Waals surface area contributed by atoms with Crippen LogP contribution in [0, 0.1) is 5.82 Å². The lowest BCUT2D eigenvalue weighted by Crippen LogP contribution is -2.52. The number of rotatable bonds is 2. The molecule has 2 aromatic rings. The van der Waals surface area contributed by atoms with Crippen LogP contribution in [0.3, 0.4) is 0 Å². The van der Waals surface area contributed by atoms with Crippen molar-refractivity contribution in [2.45, 2.75) is 11.8 Å². The predicted octanol–water partition coefficient (Wildman–Crippen LogP) is 4.14. The highest BCUT2D eigenvalue weighted by molar-refractivity contribution is 5.96. The third-order valence-corrected chi connectivity index (χ3v) is 3.72. The summed E-state index contributed by atoms with van der Waals surface area (Å²) in [5.74, 6) is -2.86. The average molecular weight is 338 g/mol. The van der Waals surface area contributed by atoms with Crippen LogP contribution < -0.4 is 4.74 Å². The van der Waals surface area contributed by atoms with Gasteiger partial charge in [0.05, 0.1) is 5.57 Å². The van der Waals surface area contributed by atoms with E-state index in [1.807, 2.05) is 0 Å². The van der Waals surface area contributed by atoms with Gasteiger partial charge in [-0.25, -0.2) is 9.18 Å². The van der Waals surface area contributed by atoms with Crippen LogP contribution in [0.4, 0.5) is 17.6 Å². The molecule has 124 valence electrons. The summed E-state index contributed by atoms with van der Waals surface area (Å²) in [7, 11) is 0. The standard InChI is InChI=1S/C17H10F4O3/c18-12-6-3-5-11(9-12)16(17(19,20)21)13(15(22)23)8-10-4-1-2-7-14(10)24-16/h1-9H,(H,22,23). The Kier molecular flexibility index (Phi) is 3.59. The van der Waals surface area contributed by atoms with Gasteiger partial charge >= 0.3 is 12.1 Å². The first-order valence-corrected chi connectivity index (χ1v) is 6.82. The fourth-order valence-electron chi connectivity index (χ4n) is 2.68. The second-order valence-electron chi connectivity index (χ2n) is 5.19. The van der Waals surface area contributed by atoms with E-state index in [2.05, 4.69) is 0 Å². The van der Waals surface area contributed by atoms with Gasteiger partial charge in [0.15, 0.2) is 0 Å². The first kappa shape index (κ1) is 16.0. The largest absolute Gasteiger partial charge is 0.478 e. The summed E-state index contributed by atoms with van der Waals surface area (Å²) in [4.78, 5) is 11.5. The number of carboxylic acid groups (broad SMARTS) is 1. The Labute approximate surface area is 133 Å². The van der Waals surface area contributed by atoms with Gasteiger partial charge in [-0.3, -0.25) is 0 Å². The first-order chi connectivity index (χ1) is 11.3. The highest BCUT2D eigenvalue weighted by Crippen LogP contribution is 2.51. The summed E-state index contributed by atoms with van der Waals surface area (Å²) in [6.07, 6.45) is -4.22. The number of benzene rings is 2. The molecule has 0 aliphatic carbocycles. The molecule has 1 heterocycles. The van der Waals surface area contributed by atoms with E-state index in [1.54, 1.807) is 6.07 Å². The molecule has 1 unspecified atom stereocenters. The van der Waals surface area contributed by atoms with Gasteiger partial charge in [0.2, 0.25) is 0 Å². The Hall–Kier alpha value is -2.83. The van der Waals surface area contributed by atoms with Crippen molar-refractivity contribution in [3.63, 3.8) is 0 Å². The summed E-state index contributed by atoms with van der Waals surface area (Å²) in [6.45, 7) is 0. The van der Waals surface area contributed by atoms with Crippen LogP contribution >= 0.6 is 0 Å². The molecular weight excluding hydrogens is 328 g/mol. The van der Waals surface area contributed by atoms with E-state index in [9.17, 15) is 27.5 Å². The average Bonchev–Trinajstić information content (AvgIpc) is 2.52. The Bertz CT molecular complexity index is 842. The van der Waals surface area contributed by atoms with E-state index in [0.29, 0.717) is 6.07 Å². The highest BCUT2D eigenvalue weighted by Gasteiger charge is 2.64. The lowest BCUT2D eigenvalue weighted by atomic mass is 9.82. The number of carboxylic acids is 1. The van der Waals surface area contributed by atoms with Crippen molar-refractivity contribution in [1.82, 2.24) is 0 Å². The summed E-state index contributed by atoms with van der Waals surface area (Å²) in [6, 6.07) is 9.38. The van der Waals surface area contributed by atoms with E-state index in [1.165, 1.54) is 18.2 Å². The second kappa shape index (κ2) is 5.36. The maximum atomic E-state index is 14.0. The lowest BCUT2D eigenvalue weighted by molar-refractivity contribution is -0.240. The Morgan fingerprint density at radius 2 is 1.79 bits per heavy atom. The third kappa shape index (κ3) is 2.33. The van der Waals surface area contributed by atoms with E-state index < -0.39 is 34.7 Å². The van der Waals surface area contributed by atoms with E-state index >= 15 is 0 Å². The number of para-hydroxylation sites is 1. The molecule has 0 radical (unpaired) electrons. The molecule has 1 aliphatic heterocycles. The zero-order valence-corrected chi connectivity index (χ0v) is 12.0. The van der Waals surface area contributed by atoms with Gasteiger partial charge in [-0.1, -0.05) is 30.3 Å². The first-order valence-electron chi connectivity index (χ1n) is 6.82. The molecule has 0 saturated heterocycles. The minimum atomic E-state index is -5.13. The van der Waals surface area contributed by atoms with E-state index in [0.717, 1.165) is 24.3 Å². The highest BCUT2D eigenvalue weighted by atomic mass is 19.4. The van der Waals surface area contributed by atoms with Gasteiger partial charge in [-0.15, -0.1) is 0 Å². The number of fused-ring (bicyclic) bond motifs is 1.